The van der Waals surface area contributed by atoms with E-state index in [1.54, 1.807) is 4.68 Å². The molecule has 0 saturated carbocycles. The van der Waals surface area contributed by atoms with Gasteiger partial charge in [-0.05, 0) is 24.6 Å². The third-order valence-corrected chi connectivity index (χ3v) is 3.21. The van der Waals surface area contributed by atoms with Crippen molar-refractivity contribution >= 4 is 27.5 Å². The Morgan fingerprint density at radius 3 is 2.73 bits per heavy atom. The fourth-order valence-electron chi connectivity index (χ4n) is 1.41. The van der Waals surface area contributed by atoms with Crippen LogP contribution in [0.5, 0.6) is 0 Å². The maximum atomic E-state index is 6.03. The number of halogens is 2. The van der Waals surface area contributed by atoms with Crippen LogP contribution in [0.15, 0.2) is 34.8 Å². The van der Waals surface area contributed by atoms with Crippen LogP contribution in [-0.4, -0.2) is 9.78 Å². The predicted octanol–water partition coefficient (Wildman–Crippen LogP) is 3.66. The van der Waals surface area contributed by atoms with E-state index in [2.05, 4.69) is 27.1 Å². The lowest BCUT2D eigenvalue weighted by atomic mass is 10.2. The van der Waals surface area contributed by atoms with Gasteiger partial charge in [0, 0.05) is 4.47 Å². The molecule has 0 atom stereocenters. The van der Waals surface area contributed by atoms with Crippen LogP contribution < -0.4 is 0 Å². The van der Waals surface area contributed by atoms with Gasteiger partial charge < -0.3 is 0 Å². The van der Waals surface area contributed by atoms with Crippen LogP contribution in [0.1, 0.15) is 11.3 Å². The van der Waals surface area contributed by atoms with Crippen molar-refractivity contribution in [2.75, 3.05) is 0 Å². The zero-order chi connectivity index (χ0) is 10.8. The zero-order valence-electron chi connectivity index (χ0n) is 8.24. The Kier molecular flexibility index (Phi) is 3.12. The van der Waals surface area contributed by atoms with Crippen LogP contribution in [-0.2, 0) is 6.54 Å². The summed E-state index contributed by atoms with van der Waals surface area (Å²) in [5.41, 5.74) is 2.11. The second-order valence-corrected chi connectivity index (χ2v) is 4.60. The molecule has 1 heterocycles. The molecule has 4 heteroatoms. The van der Waals surface area contributed by atoms with Gasteiger partial charge in [0.05, 0.1) is 12.2 Å². The molecule has 1 aromatic heterocycles. The summed E-state index contributed by atoms with van der Waals surface area (Å²) in [4.78, 5) is 0. The van der Waals surface area contributed by atoms with Gasteiger partial charge in [-0.1, -0.05) is 45.7 Å². The van der Waals surface area contributed by atoms with Gasteiger partial charge >= 0.3 is 0 Å². The summed E-state index contributed by atoms with van der Waals surface area (Å²) in [7, 11) is 0. The van der Waals surface area contributed by atoms with Gasteiger partial charge in [0.1, 0.15) is 5.15 Å². The van der Waals surface area contributed by atoms with Gasteiger partial charge in [-0.25, -0.2) is 4.68 Å². The molecule has 1 aromatic carbocycles. The van der Waals surface area contributed by atoms with E-state index >= 15 is 0 Å². The topological polar surface area (TPSA) is 17.8 Å². The van der Waals surface area contributed by atoms with Crippen molar-refractivity contribution in [2.45, 2.75) is 13.5 Å². The van der Waals surface area contributed by atoms with E-state index in [-0.39, 0.29) is 0 Å². The average molecular weight is 286 g/mol. The Labute approximate surface area is 102 Å². The van der Waals surface area contributed by atoms with Crippen LogP contribution in [0, 0.1) is 6.92 Å². The number of nitrogens with zero attached hydrogens (tertiary/aromatic N) is 2. The van der Waals surface area contributed by atoms with Gasteiger partial charge in [-0.15, -0.1) is 0 Å². The third kappa shape index (κ3) is 2.41. The Morgan fingerprint density at radius 1 is 1.40 bits per heavy atom. The Morgan fingerprint density at radius 2 is 2.13 bits per heavy atom. The number of aryl methyl sites for hydroxylation is 1. The SMILES string of the molecule is Cc1cc(Cl)n(Cc2ccccc2Br)n1. The van der Waals surface area contributed by atoms with Crippen molar-refractivity contribution in [1.29, 1.82) is 0 Å². The minimum absolute atomic E-state index is 0.670. The molecular formula is C11H10BrClN2. The van der Waals surface area contributed by atoms with E-state index in [9.17, 15) is 0 Å². The fourth-order valence-corrected chi connectivity index (χ4v) is 2.08. The van der Waals surface area contributed by atoms with Gasteiger partial charge in [0.25, 0.3) is 0 Å². The molecule has 0 amide bonds. The Bertz CT molecular complexity index is 479. The molecule has 2 aromatic rings. The van der Waals surface area contributed by atoms with Crippen LogP contribution in [0.3, 0.4) is 0 Å². The molecule has 0 radical (unpaired) electrons. The minimum atomic E-state index is 0.670. The summed E-state index contributed by atoms with van der Waals surface area (Å²) >= 11 is 9.53. The summed E-state index contributed by atoms with van der Waals surface area (Å²) in [6.07, 6.45) is 0. The van der Waals surface area contributed by atoms with E-state index in [4.69, 9.17) is 11.6 Å². The summed E-state index contributed by atoms with van der Waals surface area (Å²) in [5.74, 6) is 0. The standard InChI is InChI=1S/C11H10BrClN2/c1-8-6-11(13)15(14-8)7-9-4-2-3-5-10(9)12/h2-6H,7H2,1H3. The molecule has 0 unspecified atom stereocenters. The average Bonchev–Trinajstić information content (AvgIpc) is 2.49. The highest BCUT2D eigenvalue weighted by Crippen LogP contribution is 2.19. The molecule has 2 rings (SSSR count). The van der Waals surface area contributed by atoms with Crippen molar-refractivity contribution in [3.8, 4) is 0 Å². The molecule has 0 aliphatic rings. The molecular weight excluding hydrogens is 275 g/mol. The second kappa shape index (κ2) is 4.37. The van der Waals surface area contributed by atoms with Crippen LogP contribution in [0.25, 0.3) is 0 Å². The monoisotopic (exact) mass is 284 g/mol. The highest BCUT2D eigenvalue weighted by molar-refractivity contribution is 9.10. The predicted molar refractivity (Wildman–Crippen MR) is 65.2 cm³/mol. The maximum Gasteiger partial charge on any atom is 0.127 e. The normalized spacial score (nSPS) is 10.6. The lowest BCUT2D eigenvalue weighted by Crippen LogP contribution is -2.02. The Balaban J connectivity index is 2.29. The fraction of sp³-hybridized carbons (Fsp3) is 0.182. The maximum absolute atomic E-state index is 6.03. The molecule has 0 saturated heterocycles. The summed E-state index contributed by atoms with van der Waals surface area (Å²) in [6.45, 7) is 2.62. The largest absolute Gasteiger partial charge is 0.249 e. The molecule has 0 aliphatic heterocycles. The number of rotatable bonds is 2. The molecule has 0 fully saturated rings. The molecule has 0 bridgehead atoms. The first-order valence-corrected chi connectivity index (χ1v) is 5.77. The number of hydrogen-bond donors (Lipinski definition) is 0. The first kappa shape index (κ1) is 10.7. The number of benzene rings is 1. The first-order valence-electron chi connectivity index (χ1n) is 4.60. The van der Waals surface area contributed by atoms with E-state index in [0.29, 0.717) is 11.7 Å². The van der Waals surface area contributed by atoms with Gasteiger partial charge in [-0.2, -0.15) is 5.10 Å². The van der Waals surface area contributed by atoms with E-state index in [1.165, 1.54) is 5.56 Å². The highest BCUT2D eigenvalue weighted by atomic mass is 79.9. The number of hydrogen-bond acceptors (Lipinski definition) is 1. The van der Waals surface area contributed by atoms with Gasteiger partial charge in [0.2, 0.25) is 0 Å². The molecule has 0 N–H and O–H groups in total. The van der Waals surface area contributed by atoms with Crippen molar-refractivity contribution < 1.29 is 0 Å². The van der Waals surface area contributed by atoms with Gasteiger partial charge in [-0.3, -0.25) is 0 Å². The van der Waals surface area contributed by atoms with Crippen molar-refractivity contribution in [1.82, 2.24) is 9.78 Å². The number of aromatic nitrogens is 2. The molecule has 78 valence electrons. The molecule has 15 heavy (non-hydrogen) atoms. The quantitative estimate of drug-likeness (QED) is 0.823. The van der Waals surface area contributed by atoms with Gasteiger partial charge in [0.15, 0.2) is 0 Å². The van der Waals surface area contributed by atoms with Crippen LogP contribution in [0.2, 0.25) is 5.15 Å². The van der Waals surface area contributed by atoms with Crippen molar-refractivity contribution in [3.05, 3.63) is 51.2 Å². The van der Waals surface area contributed by atoms with Crippen molar-refractivity contribution in [3.63, 3.8) is 0 Å². The lowest BCUT2D eigenvalue weighted by Gasteiger charge is -2.05. The smallest absolute Gasteiger partial charge is 0.127 e. The summed E-state index contributed by atoms with van der Waals surface area (Å²) in [6, 6.07) is 9.92. The van der Waals surface area contributed by atoms with Crippen LogP contribution >= 0.6 is 27.5 Å². The third-order valence-electron chi connectivity index (χ3n) is 2.13. The lowest BCUT2D eigenvalue weighted by molar-refractivity contribution is 0.678. The van der Waals surface area contributed by atoms with Crippen molar-refractivity contribution in [2.24, 2.45) is 0 Å². The zero-order valence-corrected chi connectivity index (χ0v) is 10.6. The van der Waals surface area contributed by atoms with E-state index in [0.717, 1.165) is 10.2 Å². The summed E-state index contributed by atoms with van der Waals surface area (Å²) < 4.78 is 2.87. The Hall–Kier alpha value is -0.800. The van der Waals surface area contributed by atoms with E-state index < -0.39 is 0 Å². The minimum Gasteiger partial charge on any atom is -0.249 e. The summed E-state index contributed by atoms with van der Waals surface area (Å²) in [5, 5.41) is 4.98. The second-order valence-electron chi connectivity index (χ2n) is 3.36. The molecule has 2 nitrogen and oxygen atoms in total. The molecule has 0 aliphatic carbocycles. The van der Waals surface area contributed by atoms with E-state index in [1.807, 2.05) is 31.2 Å². The van der Waals surface area contributed by atoms with Crippen LogP contribution in [0.4, 0.5) is 0 Å². The first-order chi connectivity index (χ1) is 7.16. The molecule has 0 spiro atoms. The highest BCUT2D eigenvalue weighted by Gasteiger charge is 2.05.